The smallest absolute Gasteiger partial charge is 0.220 e. The van der Waals surface area contributed by atoms with E-state index in [4.69, 9.17) is 5.11 Å². The number of rotatable bonds is 6. The second kappa shape index (κ2) is 7.29. The molecule has 1 atom stereocenters. The largest absolute Gasteiger partial charge is 0.392 e. The molecule has 0 radical (unpaired) electrons. The Morgan fingerprint density at radius 3 is 2.88 bits per heavy atom. The van der Waals surface area contributed by atoms with Gasteiger partial charge in [0.15, 0.2) is 0 Å². The molecular formula is C12H16FNO2S. The van der Waals surface area contributed by atoms with E-state index in [1.54, 1.807) is 25.1 Å². The van der Waals surface area contributed by atoms with Gasteiger partial charge in [0.2, 0.25) is 5.91 Å². The third kappa shape index (κ3) is 5.70. The molecular weight excluding hydrogens is 241 g/mol. The lowest BCUT2D eigenvalue weighted by Crippen LogP contribution is -2.30. The normalized spacial score (nSPS) is 12.2. The number of carbonyl (C=O) groups excluding carboxylic acids is 1. The number of amides is 1. The van der Waals surface area contributed by atoms with Crippen LogP contribution in [0.4, 0.5) is 4.39 Å². The highest BCUT2D eigenvalue weighted by atomic mass is 32.2. The fourth-order valence-electron chi connectivity index (χ4n) is 1.17. The van der Waals surface area contributed by atoms with Gasteiger partial charge in [0.25, 0.3) is 0 Å². The minimum absolute atomic E-state index is 0.130. The quantitative estimate of drug-likeness (QED) is 0.764. The van der Waals surface area contributed by atoms with Crippen molar-refractivity contribution in [1.82, 2.24) is 5.32 Å². The molecule has 0 heterocycles. The van der Waals surface area contributed by atoms with Crippen molar-refractivity contribution in [3.63, 3.8) is 0 Å². The monoisotopic (exact) mass is 257 g/mol. The van der Waals surface area contributed by atoms with Gasteiger partial charge in [0.1, 0.15) is 5.82 Å². The Labute approximate surface area is 104 Å². The predicted molar refractivity (Wildman–Crippen MR) is 66.4 cm³/mol. The lowest BCUT2D eigenvalue weighted by atomic mass is 10.3. The molecule has 17 heavy (non-hydrogen) atoms. The summed E-state index contributed by atoms with van der Waals surface area (Å²) in [4.78, 5) is 11.8. The summed E-state index contributed by atoms with van der Waals surface area (Å²) in [5, 5.41) is 11.6. The zero-order chi connectivity index (χ0) is 12.7. The third-order valence-electron chi connectivity index (χ3n) is 2.02. The van der Waals surface area contributed by atoms with E-state index in [0.717, 1.165) is 0 Å². The zero-order valence-corrected chi connectivity index (χ0v) is 10.5. The lowest BCUT2D eigenvalue weighted by molar-refractivity contribution is -0.121. The highest BCUT2D eigenvalue weighted by Crippen LogP contribution is 2.21. The summed E-state index contributed by atoms with van der Waals surface area (Å²) >= 11 is 1.31. The van der Waals surface area contributed by atoms with Crippen LogP contribution in [-0.2, 0) is 4.79 Å². The van der Waals surface area contributed by atoms with Gasteiger partial charge in [0.05, 0.1) is 6.10 Å². The van der Waals surface area contributed by atoms with E-state index in [1.165, 1.54) is 17.8 Å². The maximum Gasteiger partial charge on any atom is 0.220 e. The number of hydrogen-bond acceptors (Lipinski definition) is 3. The van der Waals surface area contributed by atoms with Crippen LogP contribution in [0.3, 0.4) is 0 Å². The highest BCUT2D eigenvalue weighted by Gasteiger charge is 2.05. The van der Waals surface area contributed by atoms with Gasteiger partial charge in [-0.05, 0) is 19.1 Å². The number of benzene rings is 1. The van der Waals surface area contributed by atoms with E-state index in [2.05, 4.69) is 5.32 Å². The first-order valence-corrected chi connectivity index (χ1v) is 6.40. The first-order valence-electron chi connectivity index (χ1n) is 5.41. The van der Waals surface area contributed by atoms with Crippen LogP contribution in [-0.4, -0.2) is 29.4 Å². The van der Waals surface area contributed by atoms with Crippen LogP contribution in [0.15, 0.2) is 29.2 Å². The molecule has 1 amide bonds. The van der Waals surface area contributed by atoms with E-state index in [1.807, 2.05) is 0 Å². The molecule has 1 aromatic rings. The van der Waals surface area contributed by atoms with Crippen molar-refractivity contribution in [2.24, 2.45) is 0 Å². The van der Waals surface area contributed by atoms with E-state index in [9.17, 15) is 9.18 Å². The molecule has 3 nitrogen and oxygen atoms in total. The average Bonchev–Trinajstić information content (AvgIpc) is 2.29. The van der Waals surface area contributed by atoms with Crippen molar-refractivity contribution in [3.05, 3.63) is 30.1 Å². The van der Waals surface area contributed by atoms with Gasteiger partial charge in [-0.3, -0.25) is 4.79 Å². The minimum atomic E-state index is -0.543. The van der Waals surface area contributed by atoms with Crippen molar-refractivity contribution in [1.29, 1.82) is 0 Å². The number of halogens is 1. The molecule has 1 aromatic carbocycles. The molecule has 2 N–H and O–H groups in total. The Hall–Kier alpha value is -1.07. The molecule has 0 aromatic heterocycles. The van der Waals surface area contributed by atoms with Gasteiger partial charge in [-0.1, -0.05) is 12.1 Å². The predicted octanol–water partition coefficient (Wildman–Crippen LogP) is 1.80. The second-order valence-corrected chi connectivity index (χ2v) is 4.82. The number of aliphatic hydroxyl groups excluding tert-OH is 1. The van der Waals surface area contributed by atoms with Crippen LogP contribution >= 0.6 is 11.8 Å². The minimum Gasteiger partial charge on any atom is -0.392 e. The van der Waals surface area contributed by atoms with Crippen molar-refractivity contribution in [2.45, 2.75) is 24.3 Å². The first-order chi connectivity index (χ1) is 8.09. The van der Waals surface area contributed by atoms with E-state index < -0.39 is 6.10 Å². The number of aliphatic hydroxyl groups is 1. The van der Waals surface area contributed by atoms with Crippen LogP contribution in [0, 0.1) is 5.82 Å². The first kappa shape index (κ1) is 14.0. The highest BCUT2D eigenvalue weighted by molar-refractivity contribution is 7.99. The van der Waals surface area contributed by atoms with E-state index in [0.29, 0.717) is 17.1 Å². The Balaban J connectivity index is 2.24. The summed E-state index contributed by atoms with van der Waals surface area (Å²) in [6.07, 6.45) is -0.232. The summed E-state index contributed by atoms with van der Waals surface area (Å²) in [5.41, 5.74) is 0. The molecule has 1 rings (SSSR count). The van der Waals surface area contributed by atoms with E-state index >= 15 is 0 Å². The summed E-state index contributed by atoms with van der Waals surface area (Å²) in [6.45, 7) is 1.86. The Kier molecular flexibility index (Phi) is 6.00. The maximum absolute atomic E-state index is 13.2. The Morgan fingerprint density at radius 2 is 2.24 bits per heavy atom. The van der Waals surface area contributed by atoms with Crippen LogP contribution in [0.1, 0.15) is 13.3 Å². The summed E-state index contributed by atoms with van der Waals surface area (Å²) in [6, 6.07) is 6.48. The summed E-state index contributed by atoms with van der Waals surface area (Å²) < 4.78 is 13.2. The van der Waals surface area contributed by atoms with Crippen molar-refractivity contribution < 1.29 is 14.3 Å². The third-order valence-corrected chi connectivity index (χ3v) is 3.07. The molecule has 0 fully saturated rings. The Bertz CT molecular complexity index is 371. The molecule has 0 aliphatic carbocycles. The van der Waals surface area contributed by atoms with Gasteiger partial charge >= 0.3 is 0 Å². The second-order valence-electron chi connectivity index (χ2n) is 3.68. The molecule has 5 heteroatoms. The van der Waals surface area contributed by atoms with Crippen LogP contribution in [0.5, 0.6) is 0 Å². The fraction of sp³-hybridized carbons (Fsp3) is 0.417. The van der Waals surface area contributed by atoms with E-state index in [-0.39, 0.29) is 18.3 Å². The molecule has 0 unspecified atom stereocenters. The van der Waals surface area contributed by atoms with Crippen molar-refractivity contribution in [2.75, 3.05) is 12.3 Å². The number of carbonyl (C=O) groups is 1. The number of nitrogens with one attached hydrogen (secondary N) is 1. The fourth-order valence-corrected chi connectivity index (χ4v) is 2.05. The maximum atomic E-state index is 13.2. The molecule has 0 saturated carbocycles. The van der Waals surface area contributed by atoms with Crippen molar-refractivity contribution >= 4 is 17.7 Å². The molecule has 94 valence electrons. The summed E-state index contributed by atoms with van der Waals surface area (Å²) in [5.74, 6) is 0.128. The van der Waals surface area contributed by atoms with Gasteiger partial charge in [-0.2, -0.15) is 0 Å². The van der Waals surface area contributed by atoms with Gasteiger partial charge in [0, 0.05) is 23.6 Å². The Morgan fingerprint density at radius 1 is 1.53 bits per heavy atom. The number of hydrogen-bond donors (Lipinski definition) is 2. The van der Waals surface area contributed by atoms with Gasteiger partial charge in [-0.15, -0.1) is 11.8 Å². The molecule has 0 saturated heterocycles. The lowest BCUT2D eigenvalue weighted by Gasteiger charge is -2.07. The standard InChI is InChI=1S/C12H16FNO2S/c1-9(15)8-14-12(16)6-7-17-11-5-3-2-4-10(11)13/h2-5,9,15H,6-8H2,1H3,(H,14,16)/t9-/m0/s1. The average molecular weight is 257 g/mol. The molecule has 0 bridgehead atoms. The van der Waals surface area contributed by atoms with Crippen LogP contribution in [0.2, 0.25) is 0 Å². The summed E-state index contributed by atoms with van der Waals surface area (Å²) in [7, 11) is 0. The molecule has 0 aliphatic heterocycles. The molecule has 0 aliphatic rings. The zero-order valence-electron chi connectivity index (χ0n) is 9.65. The van der Waals surface area contributed by atoms with Gasteiger partial charge < -0.3 is 10.4 Å². The molecule has 0 spiro atoms. The van der Waals surface area contributed by atoms with Gasteiger partial charge in [-0.25, -0.2) is 4.39 Å². The SMILES string of the molecule is C[C@H](O)CNC(=O)CCSc1ccccc1F. The van der Waals surface area contributed by atoms with Crippen molar-refractivity contribution in [3.8, 4) is 0 Å². The number of thioether (sulfide) groups is 1. The van der Waals surface area contributed by atoms with Crippen LogP contribution < -0.4 is 5.32 Å². The van der Waals surface area contributed by atoms with Crippen LogP contribution in [0.25, 0.3) is 0 Å². The topological polar surface area (TPSA) is 49.3 Å².